The zero-order valence-corrected chi connectivity index (χ0v) is 27.9. The predicted octanol–water partition coefficient (Wildman–Crippen LogP) is 13.8. The number of fused-ring (bicyclic) bond motifs is 4. The Hall–Kier alpha value is -6.38. The lowest BCUT2D eigenvalue weighted by Gasteiger charge is -2.26. The second-order valence-electron chi connectivity index (χ2n) is 12.8. The molecule has 50 heavy (non-hydrogen) atoms. The van der Waals surface area contributed by atoms with E-state index in [0.29, 0.717) is 0 Å². The third kappa shape index (κ3) is 5.14. The molecule has 2 nitrogen and oxygen atoms in total. The molecule has 0 aliphatic carbocycles. The maximum absolute atomic E-state index is 6.61. The second kappa shape index (κ2) is 12.6. The Labute approximate surface area is 292 Å². The summed E-state index contributed by atoms with van der Waals surface area (Å²) in [7, 11) is 0. The van der Waals surface area contributed by atoms with Crippen LogP contribution in [0.25, 0.3) is 66.1 Å². The van der Waals surface area contributed by atoms with E-state index >= 15 is 0 Å². The van der Waals surface area contributed by atoms with Gasteiger partial charge in [-0.1, -0.05) is 153 Å². The topological polar surface area (TPSA) is 16.4 Å². The lowest BCUT2D eigenvalue weighted by molar-refractivity contribution is 0.669. The second-order valence-corrected chi connectivity index (χ2v) is 12.8. The molecule has 2 heteroatoms. The first-order valence-corrected chi connectivity index (χ1v) is 17.3. The quantitative estimate of drug-likeness (QED) is 0.172. The Bertz CT molecular complexity index is 2620. The molecule has 0 atom stereocenters. The first-order valence-electron chi connectivity index (χ1n) is 17.3. The van der Waals surface area contributed by atoms with Gasteiger partial charge >= 0.3 is 0 Å². The van der Waals surface area contributed by atoms with E-state index in [4.69, 9.17) is 4.42 Å². The van der Waals surface area contributed by atoms with Crippen molar-refractivity contribution in [3.63, 3.8) is 0 Å². The molecule has 9 rings (SSSR count). The average molecular weight is 642 g/mol. The molecule has 8 aromatic carbocycles. The van der Waals surface area contributed by atoms with E-state index in [9.17, 15) is 0 Å². The third-order valence-electron chi connectivity index (χ3n) is 9.87. The molecule has 0 saturated carbocycles. The number of hydrogen-bond acceptors (Lipinski definition) is 2. The Morgan fingerprint density at radius 2 is 1.08 bits per heavy atom. The summed E-state index contributed by atoms with van der Waals surface area (Å²) < 4.78 is 6.61. The summed E-state index contributed by atoms with van der Waals surface area (Å²) in [5.74, 6) is 0. The number of benzene rings is 8. The number of furan rings is 1. The van der Waals surface area contributed by atoms with Gasteiger partial charge in [0.2, 0.25) is 0 Å². The fraction of sp³-hybridized carbons (Fsp3) is 0.0417. The van der Waals surface area contributed by atoms with Gasteiger partial charge in [-0.3, -0.25) is 0 Å². The minimum absolute atomic E-state index is 0.872. The highest BCUT2D eigenvalue weighted by atomic mass is 16.3. The molecule has 238 valence electrons. The predicted molar refractivity (Wildman–Crippen MR) is 212 cm³/mol. The van der Waals surface area contributed by atoms with Crippen LogP contribution in [0.1, 0.15) is 12.5 Å². The highest BCUT2D eigenvalue weighted by Crippen LogP contribution is 2.44. The van der Waals surface area contributed by atoms with E-state index in [1.54, 1.807) is 0 Å². The van der Waals surface area contributed by atoms with Crippen molar-refractivity contribution in [2.24, 2.45) is 0 Å². The van der Waals surface area contributed by atoms with E-state index in [2.05, 4.69) is 182 Å². The standard InChI is InChI=1S/C48H35NO/c1-2-33-28-31-40(43-22-12-21-41(47(33)43)36-16-7-4-8-17-36)37-18-11-19-39(32-37)49(38-29-26-35(27-30-38)34-14-5-3-6-15-34)45-24-13-23-44-42-20-9-10-25-46(42)50-48(44)45/h3-32H,2H2,1H3. The SMILES string of the molecule is CCc1ccc(-c2cccc(N(c3ccc(-c4ccccc4)cc3)c3cccc4c3oc3ccccc34)c2)c2cccc(-c3ccccc3)c12. The van der Waals surface area contributed by atoms with Crippen molar-refractivity contribution in [1.82, 2.24) is 0 Å². The summed E-state index contributed by atoms with van der Waals surface area (Å²) in [6.07, 6.45) is 0.967. The van der Waals surface area contributed by atoms with Crippen LogP contribution >= 0.6 is 0 Å². The Morgan fingerprint density at radius 3 is 1.88 bits per heavy atom. The van der Waals surface area contributed by atoms with Gasteiger partial charge in [0.15, 0.2) is 5.58 Å². The van der Waals surface area contributed by atoms with Crippen LogP contribution in [0.5, 0.6) is 0 Å². The summed E-state index contributed by atoms with van der Waals surface area (Å²) in [5, 5.41) is 4.81. The van der Waals surface area contributed by atoms with Crippen molar-refractivity contribution in [3.05, 3.63) is 188 Å². The van der Waals surface area contributed by atoms with Gasteiger partial charge in [-0.2, -0.15) is 0 Å². The number of rotatable bonds is 7. The number of hydrogen-bond donors (Lipinski definition) is 0. The third-order valence-corrected chi connectivity index (χ3v) is 9.87. The first-order chi connectivity index (χ1) is 24.8. The van der Waals surface area contributed by atoms with Gasteiger partial charge in [0.25, 0.3) is 0 Å². The Morgan fingerprint density at radius 1 is 0.440 bits per heavy atom. The molecule has 9 aromatic rings. The molecule has 0 radical (unpaired) electrons. The van der Waals surface area contributed by atoms with Crippen LogP contribution in [-0.4, -0.2) is 0 Å². The van der Waals surface area contributed by atoms with Gasteiger partial charge < -0.3 is 9.32 Å². The minimum Gasteiger partial charge on any atom is -0.454 e. The monoisotopic (exact) mass is 641 g/mol. The summed E-state index contributed by atoms with van der Waals surface area (Å²) in [4.78, 5) is 2.33. The molecular weight excluding hydrogens is 607 g/mol. The zero-order valence-electron chi connectivity index (χ0n) is 27.9. The van der Waals surface area contributed by atoms with Crippen LogP contribution in [0.4, 0.5) is 17.1 Å². The Balaban J connectivity index is 1.24. The normalized spacial score (nSPS) is 11.4. The molecule has 0 saturated heterocycles. The molecule has 0 spiro atoms. The number of anilines is 3. The van der Waals surface area contributed by atoms with E-state index in [1.165, 1.54) is 49.7 Å². The summed E-state index contributed by atoms with van der Waals surface area (Å²) in [6, 6.07) is 65.2. The van der Waals surface area contributed by atoms with Gasteiger partial charge in [-0.15, -0.1) is 0 Å². The van der Waals surface area contributed by atoms with E-state index in [-0.39, 0.29) is 0 Å². The average Bonchev–Trinajstić information content (AvgIpc) is 3.58. The molecule has 0 unspecified atom stereocenters. The highest BCUT2D eigenvalue weighted by Gasteiger charge is 2.20. The van der Waals surface area contributed by atoms with Crippen molar-refractivity contribution in [3.8, 4) is 33.4 Å². The van der Waals surface area contributed by atoms with Crippen molar-refractivity contribution in [2.75, 3.05) is 4.90 Å². The minimum atomic E-state index is 0.872. The first kappa shape index (κ1) is 29.7. The molecule has 0 fully saturated rings. The molecule has 1 aromatic heterocycles. The van der Waals surface area contributed by atoms with E-state index in [1.807, 2.05) is 12.1 Å². The molecule has 0 N–H and O–H groups in total. The highest BCUT2D eigenvalue weighted by molar-refractivity contribution is 6.11. The number of para-hydroxylation sites is 2. The van der Waals surface area contributed by atoms with Crippen molar-refractivity contribution < 1.29 is 4.42 Å². The molecule has 0 aliphatic heterocycles. The summed E-state index contributed by atoms with van der Waals surface area (Å²) >= 11 is 0. The van der Waals surface area contributed by atoms with Crippen LogP contribution in [0, 0.1) is 0 Å². The smallest absolute Gasteiger partial charge is 0.159 e. The van der Waals surface area contributed by atoms with Crippen LogP contribution in [-0.2, 0) is 6.42 Å². The fourth-order valence-corrected chi connectivity index (χ4v) is 7.47. The van der Waals surface area contributed by atoms with Gasteiger partial charge in [-0.25, -0.2) is 0 Å². The van der Waals surface area contributed by atoms with Gasteiger partial charge in [0, 0.05) is 22.1 Å². The van der Waals surface area contributed by atoms with Crippen LogP contribution in [0.15, 0.2) is 186 Å². The number of nitrogens with zero attached hydrogens (tertiary/aromatic N) is 1. The molecule has 1 heterocycles. The zero-order chi connectivity index (χ0) is 33.4. The summed E-state index contributed by atoms with van der Waals surface area (Å²) in [5.41, 5.74) is 13.5. The molecule has 0 bridgehead atoms. The maximum Gasteiger partial charge on any atom is 0.159 e. The molecule has 0 aliphatic rings. The summed E-state index contributed by atoms with van der Waals surface area (Å²) in [6.45, 7) is 2.25. The largest absolute Gasteiger partial charge is 0.454 e. The van der Waals surface area contributed by atoms with E-state index < -0.39 is 0 Å². The number of aryl methyl sites for hydroxylation is 1. The lowest BCUT2D eigenvalue weighted by atomic mass is 9.89. The van der Waals surface area contributed by atoms with Crippen molar-refractivity contribution in [2.45, 2.75) is 13.3 Å². The van der Waals surface area contributed by atoms with Gasteiger partial charge in [0.1, 0.15) is 5.58 Å². The van der Waals surface area contributed by atoms with Crippen LogP contribution < -0.4 is 4.90 Å². The molecular formula is C48H35NO. The lowest BCUT2D eigenvalue weighted by Crippen LogP contribution is -2.10. The Kier molecular flexibility index (Phi) is 7.48. The van der Waals surface area contributed by atoms with Crippen LogP contribution in [0.2, 0.25) is 0 Å². The fourth-order valence-electron chi connectivity index (χ4n) is 7.47. The molecule has 0 amide bonds. The van der Waals surface area contributed by atoms with Crippen molar-refractivity contribution in [1.29, 1.82) is 0 Å². The van der Waals surface area contributed by atoms with Gasteiger partial charge in [0.05, 0.1) is 5.69 Å². The maximum atomic E-state index is 6.61. The van der Waals surface area contributed by atoms with E-state index in [0.717, 1.165) is 45.4 Å². The van der Waals surface area contributed by atoms with Crippen LogP contribution in [0.3, 0.4) is 0 Å². The van der Waals surface area contributed by atoms with Gasteiger partial charge in [-0.05, 0) is 92.5 Å². The van der Waals surface area contributed by atoms with Crippen molar-refractivity contribution >= 4 is 49.8 Å².